The second-order valence-electron chi connectivity index (χ2n) is 7.65. The van der Waals surface area contributed by atoms with E-state index in [0.717, 1.165) is 16.7 Å². The van der Waals surface area contributed by atoms with Gasteiger partial charge in [0.1, 0.15) is 17.5 Å². The van der Waals surface area contributed by atoms with Crippen LogP contribution in [-0.2, 0) is 19.5 Å². The SMILES string of the molecule is O=C(NCc1cccnc1)c1ccc(NCc2ccncc2)nc1NCCc1cccc(F)c1. The molecule has 34 heavy (non-hydrogen) atoms. The summed E-state index contributed by atoms with van der Waals surface area (Å²) in [7, 11) is 0. The lowest BCUT2D eigenvalue weighted by molar-refractivity contribution is 0.0951. The third kappa shape index (κ3) is 6.59. The first-order chi connectivity index (χ1) is 16.7. The topological polar surface area (TPSA) is 91.8 Å². The van der Waals surface area contributed by atoms with E-state index >= 15 is 0 Å². The first-order valence-electron chi connectivity index (χ1n) is 11.0. The van der Waals surface area contributed by atoms with Crippen molar-refractivity contribution < 1.29 is 9.18 Å². The molecule has 0 bridgehead atoms. The fourth-order valence-corrected chi connectivity index (χ4v) is 3.37. The highest BCUT2D eigenvalue weighted by Gasteiger charge is 2.14. The van der Waals surface area contributed by atoms with E-state index < -0.39 is 0 Å². The summed E-state index contributed by atoms with van der Waals surface area (Å²) in [6, 6.07) is 17.6. The quantitative estimate of drug-likeness (QED) is 0.331. The number of halogens is 1. The van der Waals surface area contributed by atoms with Gasteiger partial charge in [-0.2, -0.15) is 0 Å². The number of amides is 1. The van der Waals surface area contributed by atoms with Gasteiger partial charge < -0.3 is 16.0 Å². The van der Waals surface area contributed by atoms with Crippen LogP contribution in [0.3, 0.4) is 0 Å². The van der Waals surface area contributed by atoms with E-state index in [1.54, 1.807) is 43.0 Å². The minimum Gasteiger partial charge on any atom is -0.369 e. The number of benzene rings is 1. The van der Waals surface area contributed by atoms with E-state index in [1.165, 1.54) is 12.1 Å². The molecule has 0 saturated heterocycles. The summed E-state index contributed by atoms with van der Waals surface area (Å²) >= 11 is 0. The third-order valence-corrected chi connectivity index (χ3v) is 5.13. The summed E-state index contributed by atoms with van der Waals surface area (Å²) in [6.07, 6.45) is 7.46. The third-order valence-electron chi connectivity index (χ3n) is 5.13. The molecule has 1 amide bonds. The van der Waals surface area contributed by atoms with Gasteiger partial charge in [-0.3, -0.25) is 14.8 Å². The molecule has 8 heteroatoms. The molecular formula is C26H25FN6O. The monoisotopic (exact) mass is 456 g/mol. The van der Waals surface area contributed by atoms with Gasteiger partial charge in [0.15, 0.2) is 0 Å². The standard InChI is InChI=1S/C26H25FN6O/c27-22-5-1-3-19(15-22)10-14-30-25-23(26(34)32-18-21-4-2-11-29-16-21)6-7-24(33-25)31-17-20-8-12-28-13-9-20/h1-9,11-13,15-16H,10,14,17-18H2,(H,32,34)(H2,30,31,33). The van der Waals surface area contributed by atoms with Gasteiger partial charge in [-0.1, -0.05) is 18.2 Å². The van der Waals surface area contributed by atoms with E-state index in [0.29, 0.717) is 43.3 Å². The lowest BCUT2D eigenvalue weighted by Crippen LogP contribution is -2.25. The average molecular weight is 457 g/mol. The van der Waals surface area contributed by atoms with Crippen LogP contribution in [0.4, 0.5) is 16.0 Å². The van der Waals surface area contributed by atoms with Crippen molar-refractivity contribution in [1.29, 1.82) is 0 Å². The molecule has 0 spiro atoms. The Kier molecular flexibility index (Phi) is 7.74. The van der Waals surface area contributed by atoms with Gasteiger partial charge in [0.2, 0.25) is 0 Å². The van der Waals surface area contributed by atoms with Gasteiger partial charge in [-0.25, -0.2) is 9.37 Å². The molecule has 0 unspecified atom stereocenters. The number of hydrogen-bond acceptors (Lipinski definition) is 6. The zero-order valence-corrected chi connectivity index (χ0v) is 18.5. The smallest absolute Gasteiger partial charge is 0.255 e. The molecule has 0 saturated carbocycles. The van der Waals surface area contributed by atoms with Crippen molar-refractivity contribution in [2.24, 2.45) is 0 Å². The first kappa shape index (κ1) is 22.8. The Bertz CT molecular complexity index is 1220. The van der Waals surface area contributed by atoms with Crippen molar-refractivity contribution in [3.05, 3.63) is 114 Å². The van der Waals surface area contributed by atoms with Crippen molar-refractivity contribution in [2.45, 2.75) is 19.5 Å². The van der Waals surface area contributed by atoms with E-state index in [4.69, 9.17) is 0 Å². The van der Waals surface area contributed by atoms with Crippen molar-refractivity contribution in [2.75, 3.05) is 17.2 Å². The second kappa shape index (κ2) is 11.5. The Morgan fingerprint density at radius 1 is 0.824 bits per heavy atom. The number of carbonyl (C=O) groups excluding carboxylic acids is 1. The van der Waals surface area contributed by atoms with Crippen LogP contribution in [0, 0.1) is 5.82 Å². The summed E-state index contributed by atoms with van der Waals surface area (Å²) in [5.41, 5.74) is 3.26. The number of carbonyl (C=O) groups is 1. The summed E-state index contributed by atoms with van der Waals surface area (Å²) in [5.74, 6) is 0.576. The number of aromatic nitrogens is 3. The molecule has 1 aromatic carbocycles. The molecule has 3 heterocycles. The second-order valence-corrected chi connectivity index (χ2v) is 7.65. The highest BCUT2D eigenvalue weighted by atomic mass is 19.1. The molecule has 4 rings (SSSR count). The molecule has 4 aromatic rings. The van der Waals surface area contributed by atoms with Crippen LogP contribution in [0.15, 0.2) is 85.5 Å². The Morgan fingerprint density at radius 2 is 1.68 bits per heavy atom. The Hall–Kier alpha value is -4.33. The zero-order chi connectivity index (χ0) is 23.6. The maximum absolute atomic E-state index is 13.5. The van der Waals surface area contributed by atoms with Crippen LogP contribution >= 0.6 is 0 Å². The Balaban J connectivity index is 1.46. The van der Waals surface area contributed by atoms with Crippen LogP contribution in [0.2, 0.25) is 0 Å². The van der Waals surface area contributed by atoms with E-state index in [-0.39, 0.29) is 11.7 Å². The molecular weight excluding hydrogens is 431 g/mol. The number of rotatable bonds is 10. The van der Waals surface area contributed by atoms with Crippen LogP contribution in [0.5, 0.6) is 0 Å². The average Bonchev–Trinajstić information content (AvgIpc) is 2.87. The predicted octanol–water partition coefficient (Wildman–Crippen LogP) is 4.21. The van der Waals surface area contributed by atoms with Crippen LogP contribution in [0.1, 0.15) is 27.0 Å². The summed E-state index contributed by atoms with van der Waals surface area (Å²) < 4.78 is 13.5. The summed E-state index contributed by atoms with van der Waals surface area (Å²) in [4.78, 5) is 25.6. The number of hydrogen-bond donors (Lipinski definition) is 3. The van der Waals surface area contributed by atoms with Crippen molar-refractivity contribution >= 4 is 17.5 Å². The molecule has 0 aliphatic rings. The van der Waals surface area contributed by atoms with E-state index in [1.807, 2.05) is 30.3 Å². The minimum atomic E-state index is -0.270. The van der Waals surface area contributed by atoms with Crippen LogP contribution < -0.4 is 16.0 Å². The Labute approximate surface area is 197 Å². The lowest BCUT2D eigenvalue weighted by Gasteiger charge is -2.14. The molecule has 172 valence electrons. The molecule has 7 nitrogen and oxygen atoms in total. The number of nitrogens with one attached hydrogen (secondary N) is 3. The number of anilines is 2. The van der Waals surface area contributed by atoms with Gasteiger partial charge in [0, 0.05) is 44.4 Å². The van der Waals surface area contributed by atoms with Crippen molar-refractivity contribution in [1.82, 2.24) is 20.3 Å². The highest BCUT2D eigenvalue weighted by molar-refractivity contribution is 5.99. The van der Waals surface area contributed by atoms with Gasteiger partial charge in [-0.15, -0.1) is 0 Å². The zero-order valence-electron chi connectivity index (χ0n) is 18.5. The minimum absolute atomic E-state index is 0.245. The molecule has 0 aliphatic carbocycles. The normalized spacial score (nSPS) is 10.5. The Morgan fingerprint density at radius 3 is 2.47 bits per heavy atom. The summed E-state index contributed by atoms with van der Waals surface area (Å²) in [6.45, 7) is 1.43. The van der Waals surface area contributed by atoms with Crippen molar-refractivity contribution in [3.8, 4) is 0 Å². The van der Waals surface area contributed by atoms with Gasteiger partial charge in [0.25, 0.3) is 5.91 Å². The van der Waals surface area contributed by atoms with Gasteiger partial charge in [0.05, 0.1) is 5.56 Å². The van der Waals surface area contributed by atoms with E-state index in [9.17, 15) is 9.18 Å². The van der Waals surface area contributed by atoms with Crippen LogP contribution in [-0.4, -0.2) is 27.4 Å². The number of pyridine rings is 3. The van der Waals surface area contributed by atoms with Gasteiger partial charge >= 0.3 is 0 Å². The number of nitrogens with zero attached hydrogens (tertiary/aromatic N) is 3. The maximum Gasteiger partial charge on any atom is 0.255 e. The summed E-state index contributed by atoms with van der Waals surface area (Å²) in [5, 5.41) is 9.43. The van der Waals surface area contributed by atoms with Crippen molar-refractivity contribution in [3.63, 3.8) is 0 Å². The largest absolute Gasteiger partial charge is 0.369 e. The van der Waals surface area contributed by atoms with E-state index in [2.05, 4.69) is 30.9 Å². The first-order valence-corrected chi connectivity index (χ1v) is 11.0. The van der Waals surface area contributed by atoms with Gasteiger partial charge in [-0.05, 0) is 65.6 Å². The molecule has 0 radical (unpaired) electrons. The van der Waals surface area contributed by atoms with Crippen LogP contribution in [0.25, 0.3) is 0 Å². The molecule has 0 aliphatic heterocycles. The maximum atomic E-state index is 13.5. The highest BCUT2D eigenvalue weighted by Crippen LogP contribution is 2.18. The molecule has 0 fully saturated rings. The predicted molar refractivity (Wildman–Crippen MR) is 130 cm³/mol. The lowest BCUT2D eigenvalue weighted by atomic mass is 10.1. The molecule has 3 aromatic heterocycles. The fourth-order valence-electron chi connectivity index (χ4n) is 3.37. The molecule has 3 N–H and O–H groups in total. The molecule has 0 atom stereocenters. The fraction of sp³-hybridized carbons (Fsp3) is 0.154.